The molecule has 1 aromatic carbocycles. The van der Waals surface area contributed by atoms with Gasteiger partial charge in [0.25, 0.3) is 5.56 Å². The van der Waals surface area contributed by atoms with Crippen LogP contribution in [0.2, 0.25) is 0 Å². The molecule has 0 radical (unpaired) electrons. The molecule has 1 N–H and O–H groups in total. The topological polar surface area (TPSA) is 95.8 Å². The molecule has 0 aliphatic carbocycles. The first kappa shape index (κ1) is 11.8. The summed E-state index contributed by atoms with van der Waals surface area (Å²) >= 11 is 0. The van der Waals surface area contributed by atoms with E-state index in [1.165, 1.54) is 0 Å². The van der Waals surface area contributed by atoms with Gasteiger partial charge in [-0.3, -0.25) is 9.59 Å². The third kappa shape index (κ3) is 2.35. The van der Waals surface area contributed by atoms with Gasteiger partial charge in [0.2, 0.25) is 0 Å². The van der Waals surface area contributed by atoms with E-state index in [9.17, 15) is 9.59 Å². The lowest BCUT2D eigenvalue weighted by atomic mass is 10.1. The van der Waals surface area contributed by atoms with Crippen molar-refractivity contribution in [2.24, 2.45) is 0 Å². The molecular weight excluding hydrogens is 234 g/mol. The molecule has 0 aliphatic heterocycles. The van der Waals surface area contributed by atoms with Crippen molar-refractivity contribution in [3.63, 3.8) is 0 Å². The molecule has 0 saturated carbocycles. The standard InChI is InChI=1S/C12H9N3O3/c13-5-6-18-11(16)7-10-8-3-1-2-4-9(8)12(17)15-14-10/h1-4H,6-7H2,(H,15,17). The summed E-state index contributed by atoms with van der Waals surface area (Å²) in [5, 5.41) is 15.5. The molecule has 0 fully saturated rings. The molecule has 0 aliphatic rings. The molecule has 1 aromatic heterocycles. The van der Waals surface area contributed by atoms with Crippen LogP contribution >= 0.6 is 0 Å². The van der Waals surface area contributed by atoms with Crippen molar-refractivity contribution in [3.05, 3.63) is 40.3 Å². The highest BCUT2D eigenvalue weighted by molar-refractivity contribution is 5.86. The number of esters is 1. The summed E-state index contributed by atoms with van der Waals surface area (Å²) < 4.78 is 4.64. The van der Waals surface area contributed by atoms with E-state index < -0.39 is 5.97 Å². The molecule has 1 heterocycles. The van der Waals surface area contributed by atoms with Gasteiger partial charge in [0, 0.05) is 5.39 Å². The average molecular weight is 243 g/mol. The van der Waals surface area contributed by atoms with Crippen molar-refractivity contribution in [1.29, 1.82) is 5.26 Å². The predicted molar refractivity (Wildman–Crippen MR) is 62.6 cm³/mol. The minimum Gasteiger partial charge on any atom is -0.450 e. The molecule has 6 nitrogen and oxygen atoms in total. The number of nitrogens with zero attached hydrogens (tertiary/aromatic N) is 2. The fourth-order valence-electron chi connectivity index (χ4n) is 1.61. The number of carbonyl (C=O) groups excluding carboxylic acids is 1. The van der Waals surface area contributed by atoms with Gasteiger partial charge in [-0.05, 0) is 6.07 Å². The van der Waals surface area contributed by atoms with Gasteiger partial charge < -0.3 is 4.74 Å². The summed E-state index contributed by atoms with van der Waals surface area (Å²) in [6.45, 7) is -0.292. The Kier molecular flexibility index (Phi) is 3.34. The second-order valence-electron chi connectivity index (χ2n) is 3.54. The quantitative estimate of drug-likeness (QED) is 0.793. The Morgan fingerprint density at radius 3 is 2.83 bits per heavy atom. The predicted octanol–water partition coefficient (Wildman–Crippen LogP) is 0.532. The zero-order valence-corrected chi connectivity index (χ0v) is 9.34. The van der Waals surface area contributed by atoms with Gasteiger partial charge in [-0.1, -0.05) is 18.2 Å². The number of ether oxygens (including phenoxy) is 1. The first-order chi connectivity index (χ1) is 8.72. The van der Waals surface area contributed by atoms with Crippen LogP contribution in [0.3, 0.4) is 0 Å². The van der Waals surface area contributed by atoms with Gasteiger partial charge in [0.05, 0.1) is 17.5 Å². The summed E-state index contributed by atoms with van der Waals surface area (Å²) in [7, 11) is 0. The molecule has 90 valence electrons. The fourth-order valence-corrected chi connectivity index (χ4v) is 1.61. The van der Waals surface area contributed by atoms with Crippen molar-refractivity contribution in [3.8, 4) is 6.07 Å². The average Bonchev–Trinajstić information content (AvgIpc) is 2.40. The van der Waals surface area contributed by atoms with Crippen LogP contribution in [0.15, 0.2) is 29.1 Å². The minimum atomic E-state index is -0.554. The molecular formula is C12H9N3O3. The van der Waals surface area contributed by atoms with E-state index in [2.05, 4.69) is 14.9 Å². The smallest absolute Gasteiger partial charge is 0.312 e. The third-order valence-electron chi connectivity index (χ3n) is 2.38. The van der Waals surface area contributed by atoms with Crippen LogP contribution in [-0.4, -0.2) is 22.8 Å². The van der Waals surface area contributed by atoms with Crippen molar-refractivity contribution >= 4 is 16.7 Å². The normalized spacial score (nSPS) is 9.94. The third-order valence-corrected chi connectivity index (χ3v) is 2.38. The van der Waals surface area contributed by atoms with Crippen LogP contribution in [-0.2, 0) is 16.0 Å². The number of H-pyrrole nitrogens is 1. The molecule has 0 saturated heterocycles. The zero-order valence-electron chi connectivity index (χ0n) is 9.34. The lowest BCUT2D eigenvalue weighted by molar-refractivity contribution is -0.141. The highest BCUT2D eigenvalue weighted by Crippen LogP contribution is 2.12. The maximum Gasteiger partial charge on any atom is 0.312 e. The molecule has 6 heteroatoms. The lowest BCUT2D eigenvalue weighted by Gasteiger charge is -2.03. The molecule has 0 atom stereocenters. The molecule has 18 heavy (non-hydrogen) atoms. The van der Waals surface area contributed by atoms with E-state index in [4.69, 9.17) is 5.26 Å². The summed E-state index contributed by atoms with van der Waals surface area (Å²) in [5.41, 5.74) is 0.118. The Bertz CT molecular complexity index is 685. The van der Waals surface area contributed by atoms with Gasteiger partial charge in [-0.2, -0.15) is 10.4 Å². The van der Waals surface area contributed by atoms with Crippen LogP contribution in [0, 0.1) is 11.3 Å². The Morgan fingerprint density at radius 1 is 1.39 bits per heavy atom. The molecule has 0 amide bonds. The number of benzene rings is 1. The number of nitriles is 1. The molecule has 0 bridgehead atoms. The number of aromatic nitrogens is 2. The second-order valence-corrected chi connectivity index (χ2v) is 3.54. The number of aromatic amines is 1. The lowest BCUT2D eigenvalue weighted by Crippen LogP contribution is -2.15. The Hall–Kier alpha value is -2.68. The van der Waals surface area contributed by atoms with E-state index in [-0.39, 0.29) is 18.6 Å². The minimum absolute atomic E-state index is 0.0844. The zero-order chi connectivity index (χ0) is 13.0. The maximum absolute atomic E-state index is 11.5. The highest BCUT2D eigenvalue weighted by Gasteiger charge is 2.11. The monoisotopic (exact) mass is 243 g/mol. The van der Waals surface area contributed by atoms with Crippen molar-refractivity contribution < 1.29 is 9.53 Å². The van der Waals surface area contributed by atoms with Crippen molar-refractivity contribution in [2.45, 2.75) is 6.42 Å². The SMILES string of the molecule is N#CCOC(=O)Cc1n[nH]c(=O)c2ccccc12. The number of rotatable bonds is 3. The number of hydrogen-bond acceptors (Lipinski definition) is 5. The van der Waals surface area contributed by atoms with E-state index in [0.717, 1.165) is 0 Å². The number of nitrogens with one attached hydrogen (secondary N) is 1. The number of fused-ring (bicyclic) bond motifs is 1. The summed E-state index contributed by atoms with van der Waals surface area (Å²) in [6, 6.07) is 8.56. The van der Waals surface area contributed by atoms with Gasteiger partial charge in [0.1, 0.15) is 6.07 Å². The summed E-state index contributed by atoms with van der Waals surface area (Å²) in [6.07, 6.45) is -0.0844. The largest absolute Gasteiger partial charge is 0.450 e. The van der Waals surface area contributed by atoms with Crippen LogP contribution in [0.4, 0.5) is 0 Å². The highest BCUT2D eigenvalue weighted by atomic mass is 16.5. The summed E-state index contributed by atoms with van der Waals surface area (Å²) in [5.74, 6) is -0.554. The van der Waals surface area contributed by atoms with Crippen LogP contribution < -0.4 is 5.56 Å². The molecule has 0 unspecified atom stereocenters. The van der Waals surface area contributed by atoms with Crippen LogP contribution in [0.5, 0.6) is 0 Å². The van der Waals surface area contributed by atoms with E-state index in [1.807, 2.05) is 0 Å². The molecule has 2 aromatic rings. The van der Waals surface area contributed by atoms with Gasteiger partial charge in [-0.25, -0.2) is 5.10 Å². The van der Waals surface area contributed by atoms with Crippen LogP contribution in [0.25, 0.3) is 10.8 Å². The first-order valence-electron chi connectivity index (χ1n) is 5.21. The molecule has 2 rings (SSSR count). The number of hydrogen-bond donors (Lipinski definition) is 1. The van der Waals surface area contributed by atoms with Gasteiger partial charge >= 0.3 is 5.97 Å². The van der Waals surface area contributed by atoms with E-state index >= 15 is 0 Å². The Balaban J connectivity index is 2.35. The Morgan fingerprint density at radius 2 is 2.11 bits per heavy atom. The van der Waals surface area contributed by atoms with Crippen molar-refractivity contribution in [2.75, 3.05) is 6.61 Å². The van der Waals surface area contributed by atoms with E-state index in [0.29, 0.717) is 16.5 Å². The summed E-state index contributed by atoms with van der Waals surface area (Å²) in [4.78, 5) is 22.9. The van der Waals surface area contributed by atoms with Gasteiger partial charge in [-0.15, -0.1) is 0 Å². The van der Waals surface area contributed by atoms with E-state index in [1.54, 1.807) is 30.3 Å². The fraction of sp³-hybridized carbons (Fsp3) is 0.167. The maximum atomic E-state index is 11.5. The van der Waals surface area contributed by atoms with Crippen molar-refractivity contribution in [1.82, 2.24) is 10.2 Å². The Labute approximate surface area is 102 Å². The van der Waals surface area contributed by atoms with Crippen LogP contribution in [0.1, 0.15) is 5.69 Å². The van der Waals surface area contributed by atoms with Gasteiger partial charge in [0.15, 0.2) is 6.61 Å². The molecule has 0 spiro atoms. The number of carbonyl (C=O) groups is 1. The first-order valence-corrected chi connectivity index (χ1v) is 5.21. The second kappa shape index (κ2) is 5.10.